The van der Waals surface area contributed by atoms with E-state index in [1.54, 1.807) is 6.92 Å². The van der Waals surface area contributed by atoms with E-state index < -0.39 is 28.6 Å². The number of carbonyl (C=O) groups is 2. The van der Waals surface area contributed by atoms with E-state index in [4.69, 9.17) is 4.74 Å². The lowest BCUT2D eigenvalue weighted by atomic mass is 10.1. The van der Waals surface area contributed by atoms with Gasteiger partial charge in [0.15, 0.2) is 17.2 Å². The standard InChI is InChI=1S/C21H25BrN2O7S2/c1-3-33(28,29)24-9-7-14(8-10-24)23-15-6-4-5-13(11-15)19-17(22)18(20(32-19)21(26)27)31-12-16(25)30-2/h4-6,11,14,23H,3,7-10,12H2,1-2H3,(H,26,27). The fraction of sp³-hybridized carbons (Fsp3) is 0.429. The number of anilines is 1. The van der Waals surface area contributed by atoms with Gasteiger partial charge in [-0.15, -0.1) is 11.3 Å². The molecule has 2 N–H and O–H groups in total. The van der Waals surface area contributed by atoms with Crippen molar-refractivity contribution in [2.45, 2.75) is 25.8 Å². The summed E-state index contributed by atoms with van der Waals surface area (Å²) < 4.78 is 36.1. The molecule has 1 aliphatic rings. The van der Waals surface area contributed by atoms with Crippen LogP contribution in [0.15, 0.2) is 28.7 Å². The average molecular weight is 561 g/mol. The van der Waals surface area contributed by atoms with E-state index in [2.05, 4.69) is 26.0 Å². The minimum Gasteiger partial charge on any atom is -0.479 e. The molecule has 1 aromatic heterocycles. The summed E-state index contributed by atoms with van der Waals surface area (Å²) in [5, 5.41) is 13.0. The number of nitrogens with one attached hydrogen (secondary N) is 1. The Labute approximate surface area is 204 Å². The van der Waals surface area contributed by atoms with Crippen molar-refractivity contribution >= 4 is 54.9 Å². The lowest BCUT2D eigenvalue weighted by Crippen LogP contribution is -2.42. The molecule has 180 valence electrons. The number of carboxylic acid groups (broad SMARTS) is 1. The maximum Gasteiger partial charge on any atom is 0.349 e. The summed E-state index contributed by atoms with van der Waals surface area (Å²) in [5.74, 6) is -1.59. The smallest absolute Gasteiger partial charge is 0.349 e. The van der Waals surface area contributed by atoms with E-state index in [1.165, 1.54) is 11.4 Å². The number of hydrogen-bond acceptors (Lipinski definition) is 8. The van der Waals surface area contributed by atoms with Crippen LogP contribution >= 0.6 is 27.3 Å². The Morgan fingerprint density at radius 3 is 2.61 bits per heavy atom. The normalized spacial score (nSPS) is 15.2. The van der Waals surface area contributed by atoms with Gasteiger partial charge in [-0.25, -0.2) is 22.3 Å². The van der Waals surface area contributed by atoms with Crippen molar-refractivity contribution in [3.63, 3.8) is 0 Å². The highest BCUT2D eigenvalue weighted by atomic mass is 79.9. The van der Waals surface area contributed by atoms with Crippen LogP contribution in [0.4, 0.5) is 5.69 Å². The number of carbonyl (C=O) groups excluding carboxylic acids is 1. The summed E-state index contributed by atoms with van der Waals surface area (Å²) in [6.07, 6.45) is 1.39. The van der Waals surface area contributed by atoms with Gasteiger partial charge in [0.05, 0.1) is 22.2 Å². The predicted octanol–water partition coefficient (Wildman–Crippen LogP) is 3.65. The Morgan fingerprint density at radius 1 is 1.30 bits per heavy atom. The number of aromatic carboxylic acids is 1. The number of thiophene rings is 1. The van der Waals surface area contributed by atoms with Crippen LogP contribution in [0.1, 0.15) is 29.4 Å². The number of carboxylic acids is 1. The third-order valence-corrected chi connectivity index (χ3v) is 9.38. The molecule has 0 aliphatic carbocycles. The van der Waals surface area contributed by atoms with E-state index >= 15 is 0 Å². The molecule has 33 heavy (non-hydrogen) atoms. The number of methoxy groups -OCH3 is 1. The van der Waals surface area contributed by atoms with E-state index in [1.807, 2.05) is 24.3 Å². The molecular formula is C21H25BrN2O7S2. The van der Waals surface area contributed by atoms with Crippen LogP contribution in [-0.4, -0.2) is 68.4 Å². The van der Waals surface area contributed by atoms with Gasteiger partial charge in [-0.3, -0.25) is 0 Å². The van der Waals surface area contributed by atoms with E-state index in [-0.39, 0.29) is 22.4 Å². The number of esters is 1. The third-order valence-electron chi connectivity index (χ3n) is 5.27. The molecule has 1 fully saturated rings. The lowest BCUT2D eigenvalue weighted by molar-refractivity contribution is -0.142. The molecule has 0 bridgehead atoms. The molecule has 9 nitrogen and oxygen atoms in total. The first kappa shape index (κ1) is 25.5. The molecule has 0 radical (unpaired) electrons. The molecule has 3 rings (SSSR count). The number of halogens is 1. The third kappa shape index (κ3) is 6.05. The number of rotatable bonds is 9. The van der Waals surface area contributed by atoms with Crippen LogP contribution < -0.4 is 10.1 Å². The Morgan fingerprint density at radius 2 is 2.00 bits per heavy atom. The lowest BCUT2D eigenvalue weighted by Gasteiger charge is -2.32. The van der Waals surface area contributed by atoms with E-state index in [0.29, 0.717) is 35.3 Å². The topological polar surface area (TPSA) is 122 Å². The van der Waals surface area contributed by atoms with Crippen molar-refractivity contribution in [1.29, 1.82) is 0 Å². The van der Waals surface area contributed by atoms with Crippen molar-refractivity contribution < 1.29 is 32.6 Å². The Bertz CT molecular complexity index is 1130. The average Bonchev–Trinajstić information content (AvgIpc) is 3.14. The number of sulfonamides is 1. The molecule has 2 aromatic rings. The quantitative estimate of drug-likeness (QED) is 0.445. The number of hydrogen-bond donors (Lipinski definition) is 2. The largest absolute Gasteiger partial charge is 0.479 e. The maximum atomic E-state index is 12.1. The molecule has 12 heteroatoms. The van der Waals surface area contributed by atoms with Gasteiger partial charge >= 0.3 is 11.9 Å². The zero-order chi connectivity index (χ0) is 24.2. The zero-order valence-corrected chi connectivity index (χ0v) is 21.4. The number of piperidine rings is 1. The van der Waals surface area contributed by atoms with E-state index in [0.717, 1.165) is 22.6 Å². The number of nitrogens with zero attached hydrogens (tertiary/aromatic N) is 1. The monoisotopic (exact) mass is 560 g/mol. The van der Waals surface area contributed by atoms with Crippen LogP contribution in [-0.2, 0) is 19.6 Å². The second kappa shape index (κ2) is 10.9. The van der Waals surface area contributed by atoms with Crippen LogP contribution in [0.2, 0.25) is 0 Å². The molecule has 0 saturated carbocycles. The molecule has 1 saturated heterocycles. The van der Waals surface area contributed by atoms with Gasteiger partial charge in [0.2, 0.25) is 10.0 Å². The molecule has 1 aromatic carbocycles. The second-order valence-electron chi connectivity index (χ2n) is 7.37. The van der Waals surface area contributed by atoms with Gasteiger partial charge in [-0.1, -0.05) is 12.1 Å². The van der Waals surface area contributed by atoms with Crippen LogP contribution in [0, 0.1) is 0 Å². The zero-order valence-electron chi connectivity index (χ0n) is 18.2. The minimum atomic E-state index is -3.17. The van der Waals surface area contributed by atoms with Crippen LogP contribution in [0.3, 0.4) is 0 Å². The van der Waals surface area contributed by atoms with Gasteiger partial charge in [-0.2, -0.15) is 0 Å². The first-order valence-electron chi connectivity index (χ1n) is 10.3. The Hall–Kier alpha value is -2.15. The van der Waals surface area contributed by atoms with Crippen LogP contribution in [0.5, 0.6) is 5.75 Å². The Balaban J connectivity index is 1.77. The van der Waals surface area contributed by atoms with Gasteiger partial charge in [0.1, 0.15) is 0 Å². The number of ether oxygens (including phenoxy) is 2. The number of benzene rings is 1. The summed E-state index contributed by atoms with van der Waals surface area (Å²) in [5.41, 5.74) is 1.62. The molecular weight excluding hydrogens is 536 g/mol. The predicted molar refractivity (Wildman–Crippen MR) is 130 cm³/mol. The fourth-order valence-electron chi connectivity index (χ4n) is 3.49. The van der Waals surface area contributed by atoms with Crippen LogP contribution in [0.25, 0.3) is 10.4 Å². The molecule has 2 heterocycles. The molecule has 0 spiro atoms. The highest BCUT2D eigenvalue weighted by Gasteiger charge is 2.27. The summed E-state index contributed by atoms with van der Waals surface area (Å²) in [6.45, 7) is 2.20. The molecule has 0 amide bonds. The summed E-state index contributed by atoms with van der Waals surface area (Å²) in [4.78, 5) is 23.8. The molecule has 1 aliphatic heterocycles. The summed E-state index contributed by atoms with van der Waals surface area (Å²) in [7, 11) is -1.95. The van der Waals surface area contributed by atoms with Gasteiger partial charge < -0.3 is 19.9 Å². The summed E-state index contributed by atoms with van der Waals surface area (Å²) in [6, 6.07) is 7.65. The molecule has 0 atom stereocenters. The van der Waals surface area contributed by atoms with Gasteiger partial charge in [-0.05, 0) is 53.4 Å². The summed E-state index contributed by atoms with van der Waals surface area (Å²) >= 11 is 4.46. The van der Waals surface area contributed by atoms with Gasteiger partial charge in [0, 0.05) is 24.8 Å². The highest BCUT2D eigenvalue weighted by molar-refractivity contribution is 9.10. The fourth-order valence-corrected chi connectivity index (χ4v) is 6.51. The molecule has 0 unspecified atom stereocenters. The first-order chi connectivity index (χ1) is 15.7. The van der Waals surface area contributed by atoms with Crippen molar-refractivity contribution in [3.05, 3.63) is 33.6 Å². The maximum absolute atomic E-state index is 12.1. The Kier molecular flexibility index (Phi) is 8.38. The highest BCUT2D eigenvalue weighted by Crippen LogP contribution is 2.46. The SMILES string of the molecule is CCS(=O)(=O)N1CCC(Nc2cccc(-c3sc(C(=O)O)c(OCC(=O)OC)c3Br)c2)CC1. The van der Waals surface area contributed by atoms with E-state index in [9.17, 15) is 23.1 Å². The van der Waals surface area contributed by atoms with Gasteiger partial charge in [0.25, 0.3) is 0 Å². The van der Waals surface area contributed by atoms with Crippen molar-refractivity contribution in [3.8, 4) is 16.2 Å². The van der Waals surface area contributed by atoms with Crippen molar-refractivity contribution in [2.75, 3.05) is 37.9 Å². The van der Waals surface area contributed by atoms with Crippen molar-refractivity contribution in [2.24, 2.45) is 0 Å². The minimum absolute atomic E-state index is 0.0244. The van der Waals surface area contributed by atoms with Crippen molar-refractivity contribution in [1.82, 2.24) is 4.31 Å². The first-order valence-corrected chi connectivity index (χ1v) is 13.5. The second-order valence-corrected chi connectivity index (χ2v) is 11.4.